The number of imide groups is 1. The van der Waals surface area contributed by atoms with Crippen LogP contribution in [-0.4, -0.2) is 29.0 Å². The smallest absolute Gasteiger partial charge is 0.253 e. The van der Waals surface area contributed by atoms with Crippen LogP contribution >= 0.6 is 0 Å². The molecule has 0 bridgehead atoms. The zero-order valence-corrected chi connectivity index (χ0v) is 10.3. The van der Waals surface area contributed by atoms with Crippen molar-refractivity contribution >= 4 is 17.6 Å². The van der Waals surface area contributed by atoms with E-state index in [-0.39, 0.29) is 17.6 Å². The summed E-state index contributed by atoms with van der Waals surface area (Å²) in [5.41, 5.74) is 0. The lowest BCUT2D eigenvalue weighted by molar-refractivity contribution is -0.136. The summed E-state index contributed by atoms with van der Waals surface area (Å²) in [6.07, 6.45) is 5.64. The molecule has 1 aliphatic rings. The number of carbonyl (C=O) groups is 3. The molecule has 17 heavy (non-hydrogen) atoms. The van der Waals surface area contributed by atoms with Crippen LogP contribution in [0.25, 0.3) is 0 Å². The number of ketones is 1. The van der Waals surface area contributed by atoms with Gasteiger partial charge < -0.3 is 4.79 Å². The highest BCUT2D eigenvalue weighted by molar-refractivity contribution is 6.12. The van der Waals surface area contributed by atoms with Crippen LogP contribution in [0.2, 0.25) is 0 Å². The lowest BCUT2D eigenvalue weighted by Crippen LogP contribution is -2.30. The minimum absolute atomic E-state index is 0.185. The molecule has 0 N–H and O–H groups in total. The molecular formula is C13H19NO3. The standard InChI is InChI=1S/C11H15NO3.C2H4/c1-9(13)5-3-2-4-8-12-10(14)6-7-11(12)15;1-2/h6-7H,2-5,8H2,1H3;1-2H2. The Hall–Kier alpha value is -1.71. The number of rotatable bonds is 6. The summed E-state index contributed by atoms with van der Waals surface area (Å²) in [6, 6.07) is 0. The maximum absolute atomic E-state index is 11.1. The number of nitrogens with zero attached hydrogens (tertiary/aromatic N) is 1. The van der Waals surface area contributed by atoms with Crippen LogP contribution in [0, 0.1) is 0 Å². The van der Waals surface area contributed by atoms with Gasteiger partial charge in [-0.3, -0.25) is 14.5 Å². The van der Waals surface area contributed by atoms with Crippen LogP contribution in [0.4, 0.5) is 0 Å². The Balaban J connectivity index is 0.00000121. The minimum atomic E-state index is -0.230. The van der Waals surface area contributed by atoms with Gasteiger partial charge in [-0.1, -0.05) is 6.42 Å². The van der Waals surface area contributed by atoms with Gasteiger partial charge in [0.1, 0.15) is 5.78 Å². The van der Waals surface area contributed by atoms with Crippen LogP contribution in [0.1, 0.15) is 32.6 Å². The summed E-state index contributed by atoms with van der Waals surface area (Å²) < 4.78 is 0. The number of unbranched alkanes of at least 4 members (excludes halogenated alkanes) is 2. The number of Topliss-reactive ketones (excluding diaryl/α,β-unsaturated/α-hetero) is 1. The van der Waals surface area contributed by atoms with Crippen LogP contribution in [0.15, 0.2) is 25.3 Å². The van der Waals surface area contributed by atoms with E-state index in [1.54, 1.807) is 6.92 Å². The second kappa shape index (κ2) is 8.44. The first-order valence-electron chi connectivity index (χ1n) is 5.64. The zero-order valence-electron chi connectivity index (χ0n) is 10.3. The molecule has 1 rings (SSSR count). The van der Waals surface area contributed by atoms with Gasteiger partial charge in [-0.15, -0.1) is 13.2 Å². The molecule has 4 nitrogen and oxygen atoms in total. The fourth-order valence-corrected chi connectivity index (χ4v) is 1.47. The second-order valence-electron chi connectivity index (χ2n) is 3.67. The predicted octanol–water partition coefficient (Wildman–Crippen LogP) is 1.86. The Labute approximate surface area is 102 Å². The third kappa shape index (κ3) is 5.80. The van der Waals surface area contributed by atoms with Gasteiger partial charge in [-0.2, -0.15) is 0 Å². The van der Waals surface area contributed by atoms with Crippen molar-refractivity contribution in [1.82, 2.24) is 4.90 Å². The van der Waals surface area contributed by atoms with Crippen molar-refractivity contribution < 1.29 is 14.4 Å². The van der Waals surface area contributed by atoms with Crippen molar-refractivity contribution in [2.75, 3.05) is 6.54 Å². The molecule has 0 saturated heterocycles. The van der Waals surface area contributed by atoms with Gasteiger partial charge in [0.15, 0.2) is 0 Å². The summed E-state index contributed by atoms with van der Waals surface area (Å²) in [5, 5.41) is 0. The lowest BCUT2D eigenvalue weighted by Gasteiger charge is -2.12. The van der Waals surface area contributed by atoms with Gasteiger partial charge in [0.25, 0.3) is 11.8 Å². The van der Waals surface area contributed by atoms with Crippen molar-refractivity contribution in [3.63, 3.8) is 0 Å². The fourth-order valence-electron chi connectivity index (χ4n) is 1.47. The van der Waals surface area contributed by atoms with Crippen LogP contribution in [0.3, 0.4) is 0 Å². The molecule has 0 aromatic carbocycles. The molecule has 0 radical (unpaired) electrons. The van der Waals surface area contributed by atoms with Gasteiger partial charge in [0, 0.05) is 25.1 Å². The summed E-state index contributed by atoms with van der Waals surface area (Å²) >= 11 is 0. The maximum Gasteiger partial charge on any atom is 0.253 e. The topological polar surface area (TPSA) is 54.5 Å². The molecule has 2 amide bonds. The van der Waals surface area contributed by atoms with E-state index in [1.165, 1.54) is 17.1 Å². The Morgan fingerprint density at radius 3 is 2.12 bits per heavy atom. The number of hydrogen-bond acceptors (Lipinski definition) is 3. The molecule has 4 heteroatoms. The zero-order chi connectivity index (χ0) is 13.3. The van der Waals surface area contributed by atoms with Crippen LogP contribution in [0.5, 0.6) is 0 Å². The molecular weight excluding hydrogens is 218 g/mol. The molecule has 0 aliphatic carbocycles. The molecule has 94 valence electrons. The summed E-state index contributed by atoms with van der Waals surface area (Å²) in [7, 11) is 0. The number of hydrogen-bond donors (Lipinski definition) is 0. The molecule has 0 atom stereocenters. The summed E-state index contributed by atoms with van der Waals surface area (Å²) in [6.45, 7) is 8.03. The maximum atomic E-state index is 11.1. The lowest BCUT2D eigenvalue weighted by atomic mass is 10.1. The first kappa shape index (κ1) is 15.3. The predicted molar refractivity (Wildman–Crippen MR) is 66.3 cm³/mol. The van der Waals surface area contributed by atoms with Crippen LogP contribution in [-0.2, 0) is 14.4 Å². The van der Waals surface area contributed by atoms with Gasteiger partial charge in [-0.05, 0) is 19.8 Å². The molecule has 1 heterocycles. The average Bonchev–Trinajstić information content (AvgIpc) is 2.62. The highest BCUT2D eigenvalue weighted by atomic mass is 16.2. The van der Waals surface area contributed by atoms with Crippen molar-refractivity contribution in [2.24, 2.45) is 0 Å². The largest absolute Gasteiger partial charge is 0.300 e. The van der Waals surface area contributed by atoms with Gasteiger partial charge in [-0.25, -0.2) is 0 Å². The van der Waals surface area contributed by atoms with E-state index < -0.39 is 0 Å². The molecule has 0 spiro atoms. The van der Waals surface area contributed by atoms with Crippen molar-refractivity contribution in [3.8, 4) is 0 Å². The fraction of sp³-hybridized carbons (Fsp3) is 0.462. The Morgan fingerprint density at radius 1 is 1.12 bits per heavy atom. The molecule has 0 fully saturated rings. The molecule has 1 aliphatic heterocycles. The van der Waals surface area contributed by atoms with E-state index in [9.17, 15) is 14.4 Å². The highest BCUT2D eigenvalue weighted by Crippen LogP contribution is 2.07. The van der Waals surface area contributed by atoms with Gasteiger partial charge >= 0.3 is 0 Å². The van der Waals surface area contributed by atoms with Crippen LogP contribution < -0.4 is 0 Å². The van der Waals surface area contributed by atoms with Gasteiger partial charge in [0.05, 0.1) is 0 Å². The normalized spacial score (nSPS) is 13.6. The molecule has 0 unspecified atom stereocenters. The summed E-state index contributed by atoms with van der Waals surface area (Å²) in [4.78, 5) is 34.1. The quantitative estimate of drug-likeness (QED) is 0.402. The minimum Gasteiger partial charge on any atom is -0.300 e. The third-order valence-electron chi connectivity index (χ3n) is 2.31. The first-order valence-corrected chi connectivity index (χ1v) is 5.64. The summed E-state index contributed by atoms with van der Waals surface area (Å²) in [5.74, 6) is -0.275. The Kier molecular flexibility index (Phi) is 7.59. The second-order valence-corrected chi connectivity index (χ2v) is 3.67. The van der Waals surface area contributed by atoms with E-state index in [1.807, 2.05) is 0 Å². The first-order chi connectivity index (χ1) is 8.11. The SMILES string of the molecule is C=C.CC(=O)CCCCCN1C(=O)C=CC1=O. The molecule has 0 aromatic rings. The highest BCUT2D eigenvalue weighted by Gasteiger charge is 2.21. The van der Waals surface area contributed by atoms with E-state index in [4.69, 9.17) is 0 Å². The average molecular weight is 237 g/mol. The monoisotopic (exact) mass is 237 g/mol. The Morgan fingerprint density at radius 2 is 1.65 bits per heavy atom. The third-order valence-corrected chi connectivity index (χ3v) is 2.31. The van der Waals surface area contributed by atoms with E-state index in [0.29, 0.717) is 13.0 Å². The van der Waals surface area contributed by atoms with E-state index >= 15 is 0 Å². The molecule has 0 saturated carbocycles. The van der Waals surface area contributed by atoms with Crippen molar-refractivity contribution in [1.29, 1.82) is 0 Å². The Bertz CT molecular complexity index is 303. The van der Waals surface area contributed by atoms with E-state index in [2.05, 4.69) is 13.2 Å². The van der Waals surface area contributed by atoms with Crippen molar-refractivity contribution in [2.45, 2.75) is 32.6 Å². The number of amides is 2. The van der Waals surface area contributed by atoms with E-state index in [0.717, 1.165) is 19.3 Å². The molecule has 0 aromatic heterocycles. The van der Waals surface area contributed by atoms with Gasteiger partial charge in [0.2, 0.25) is 0 Å². The number of carbonyl (C=O) groups excluding carboxylic acids is 3. The van der Waals surface area contributed by atoms with Crippen molar-refractivity contribution in [3.05, 3.63) is 25.3 Å².